The number of allylic oxidation sites excluding steroid dienone is 4. The average molecular weight is 457 g/mol. The van der Waals surface area contributed by atoms with E-state index in [2.05, 4.69) is 20.6 Å². The molecule has 0 saturated carbocycles. The molecular weight excluding hydrogens is 439 g/mol. The number of nitrogens with zero attached hydrogens (tertiary/aromatic N) is 3. The molecule has 2 amide bonds. The van der Waals surface area contributed by atoms with Crippen molar-refractivity contribution >= 4 is 28.8 Å². The van der Waals surface area contributed by atoms with Gasteiger partial charge in [-0.15, -0.1) is 0 Å². The number of urea groups is 1. The SMILES string of the molecule is CCOC1=CC(c2ncc(NC(=O)Nc3ccc(C#N)c(C(F)(F)F)c3)c(C)n2)=CCC1=O. The number of ketones is 1. The summed E-state index contributed by atoms with van der Waals surface area (Å²) < 4.78 is 44.6. The highest BCUT2D eigenvalue weighted by Crippen LogP contribution is 2.33. The summed E-state index contributed by atoms with van der Waals surface area (Å²) in [5.41, 5.74) is -0.606. The van der Waals surface area contributed by atoms with Crippen molar-refractivity contribution in [1.29, 1.82) is 5.26 Å². The van der Waals surface area contributed by atoms with Gasteiger partial charge >= 0.3 is 12.2 Å². The van der Waals surface area contributed by atoms with Crippen LogP contribution in [0.2, 0.25) is 0 Å². The van der Waals surface area contributed by atoms with Gasteiger partial charge in [0.1, 0.15) is 0 Å². The van der Waals surface area contributed by atoms with Gasteiger partial charge in [0.15, 0.2) is 11.6 Å². The van der Waals surface area contributed by atoms with E-state index in [1.807, 2.05) is 0 Å². The standard InChI is InChI=1S/C22H18F3N5O3/c1-3-33-19-8-13(5-7-18(19)31)20-27-11-17(12(2)28-20)30-21(32)29-15-6-4-14(10-26)16(9-15)22(23,24)25/h4-6,8-9,11H,3,7H2,1-2H3,(H2,29,30,32). The van der Waals surface area contributed by atoms with Crippen LogP contribution in [0.15, 0.2) is 42.3 Å². The molecule has 0 unspecified atom stereocenters. The summed E-state index contributed by atoms with van der Waals surface area (Å²) in [5, 5.41) is 13.6. The third-order valence-electron chi connectivity index (χ3n) is 4.56. The van der Waals surface area contributed by atoms with E-state index < -0.39 is 23.3 Å². The van der Waals surface area contributed by atoms with Crippen molar-refractivity contribution in [1.82, 2.24) is 9.97 Å². The number of halogens is 3. The molecule has 33 heavy (non-hydrogen) atoms. The molecule has 0 saturated heterocycles. The molecule has 0 radical (unpaired) electrons. The predicted molar refractivity (Wildman–Crippen MR) is 113 cm³/mol. The van der Waals surface area contributed by atoms with Gasteiger partial charge in [-0.3, -0.25) is 4.79 Å². The van der Waals surface area contributed by atoms with Crippen LogP contribution in [0.3, 0.4) is 0 Å². The molecule has 11 heteroatoms. The number of nitriles is 1. The molecule has 0 spiro atoms. The van der Waals surface area contributed by atoms with Gasteiger partial charge in [0.2, 0.25) is 5.78 Å². The van der Waals surface area contributed by atoms with Crippen molar-refractivity contribution in [2.24, 2.45) is 0 Å². The fourth-order valence-corrected chi connectivity index (χ4v) is 2.98. The maximum absolute atomic E-state index is 13.1. The molecule has 1 heterocycles. The summed E-state index contributed by atoms with van der Waals surface area (Å²) in [7, 11) is 0. The van der Waals surface area contributed by atoms with Crippen molar-refractivity contribution in [2.75, 3.05) is 17.2 Å². The van der Waals surface area contributed by atoms with E-state index in [0.29, 0.717) is 29.8 Å². The minimum atomic E-state index is -4.74. The van der Waals surface area contributed by atoms with Crippen molar-refractivity contribution < 1.29 is 27.5 Å². The molecule has 1 aliphatic carbocycles. The van der Waals surface area contributed by atoms with Gasteiger partial charge in [-0.2, -0.15) is 18.4 Å². The number of hydrogen-bond donors (Lipinski definition) is 2. The lowest BCUT2D eigenvalue weighted by Gasteiger charge is -2.14. The second-order valence-corrected chi connectivity index (χ2v) is 6.87. The van der Waals surface area contributed by atoms with Crippen LogP contribution in [-0.2, 0) is 15.7 Å². The van der Waals surface area contributed by atoms with Gasteiger partial charge in [0, 0.05) is 17.7 Å². The fraction of sp³-hybridized carbons (Fsp3) is 0.227. The Morgan fingerprint density at radius 3 is 2.70 bits per heavy atom. The molecule has 170 valence electrons. The van der Waals surface area contributed by atoms with Crippen LogP contribution in [0, 0.1) is 18.3 Å². The Balaban J connectivity index is 1.74. The Labute approximate surface area is 186 Å². The third-order valence-corrected chi connectivity index (χ3v) is 4.56. The molecule has 2 aromatic rings. The number of aryl methyl sites for hydroxylation is 1. The fourth-order valence-electron chi connectivity index (χ4n) is 2.98. The number of amides is 2. The number of rotatable bonds is 5. The molecular formula is C22H18F3N5O3. The number of carbonyl (C=O) groups is 2. The lowest BCUT2D eigenvalue weighted by atomic mass is 10.0. The van der Waals surface area contributed by atoms with E-state index in [1.165, 1.54) is 18.3 Å². The van der Waals surface area contributed by atoms with Gasteiger partial charge < -0.3 is 15.4 Å². The molecule has 1 aliphatic rings. The molecule has 1 aromatic carbocycles. The predicted octanol–water partition coefficient (Wildman–Crippen LogP) is 4.60. The first-order valence-corrected chi connectivity index (χ1v) is 9.73. The number of alkyl halides is 3. The largest absolute Gasteiger partial charge is 0.490 e. The molecule has 2 N–H and O–H groups in total. The molecule has 0 bridgehead atoms. The first kappa shape index (κ1) is 23.5. The number of ether oxygens (including phenoxy) is 1. The van der Waals surface area contributed by atoms with Gasteiger partial charge in [-0.05, 0) is 38.1 Å². The summed E-state index contributed by atoms with van der Waals surface area (Å²) in [5.74, 6) is 0.396. The van der Waals surface area contributed by atoms with E-state index in [9.17, 15) is 22.8 Å². The Morgan fingerprint density at radius 1 is 1.30 bits per heavy atom. The Kier molecular flexibility index (Phi) is 6.77. The molecule has 0 atom stereocenters. The lowest BCUT2D eigenvalue weighted by molar-refractivity contribution is -0.137. The van der Waals surface area contributed by atoms with Crippen LogP contribution in [0.1, 0.15) is 36.0 Å². The van der Waals surface area contributed by atoms with E-state index in [1.54, 1.807) is 26.0 Å². The number of benzene rings is 1. The van der Waals surface area contributed by atoms with Gasteiger partial charge in [0.05, 0.1) is 41.4 Å². The van der Waals surface area contributed by atoms with Gasteiger partial charge in [-0.25, -0.2) is 14.8 Å². The van der Waals surface area contributed by atoms with E-state index in [4.69, 9.17) is 10.00 Å². The average Bonchev–Trinajstić information content (AvgIpc) is 2.76. The zero-order valence-corrected chi connectivity index (χ0v) is 17.6. The monoisotopic (exact) mass is 457 g/mol. The van der Waals surface area contributed by atoms with Crippen molar-refractivity contribution in [2.45, 2.75) is 26.4 Å². The van der Waals surface area contributed by atoms with Crippen molar-refractivity contribution in [3.63, 3.8) is 0 Å². The van der Waals surface area contributed by atoms with E-state index in [-0.39, 0.29) is 29.3 Å². The van der Waals surface area contributed by atoms with Crippen molar-refractivity contribution in [3.8, 4) is 6.07 Å². The summed E-state index contributed by atoms with van der Waals surface area (Å²) in [4.78, 5) is 32.7. The van der Waals surface area contributed by atoms with Crippen LogP contribution in [0.5, 0.6) is 0 Å². The minimum absolute atomic E-state index is 0.139. The smallest absolute Gasteiger partial charge is 0.417 e. The number of carbonyl (C=O) groups excluding carboxylic acids is 2. The Hall–Kier alpha value is -4.20. The zero-order chi connectivity index (χ0) is 24.2. The van der Waals surface area contributed by atoms with Crippen LogP contribution >= 0.6 is 0 Å². The Morgan fingerprint density at radius 2 is 2.06 bits per heavy atom. The van der Waals surface area contributed by atoms with Gasteiger partial charge in [-0.1, -0.05) is 6.08 Å². The highest BCUT2D eigenvalue weighted by Gasteiger charge is 2.34. The first-order chi connectivity index (χ1) is 15.6. The second kappa shape index (κ2) is 9.52. The van der Waals surface area contributed by atoms with Crippen LogP contribution in [-0.4, -0.2) is 28.4 Å². The second-order valence-electron chi connectivity index (χ2n) is 6.87. The maximum Gasteiger partial charge on any atom is 0.417 e. The molecule has 0 aliphatic heterocycles. The first-order valence-electron chi connectivity index (χ1n) is 9.73. The normalized spacial score (nSPS) is 13.5. The lowest BCUT2D eigenvalue weighted by Crippen LogP contribution is -2.21. The van der Waals surface area contributed by atoms with E-state index in [0.717, 1.165) is 6.07 Å². The molecule has 8 nitrogen and oxygen atoms in total. The molecule has 3 rings (SSSR count). The topological polar surface area (TPSA) is 117 Å². The number of nitrogens with one attached hydrogen (secondary N) is 2. The van der Waals surface area contributed by atoms with Crippen LogP contribution < -0.4 is 10.6 Å². The number of aromatic nitrogens is 2. The zero-order valence-electron chi connectivity index (χ0n) is 17.6. The third kappa shape index (κ3) is 5.54. The summed E-state index contributed by atoms with van der Waals surface area (Å²) in [6.07, 6.45) is -0.0247. The molecule has 0 fully saturated rings. The number of hydrogen-bond acceptors (Lipinski definition) is 6. The summed E-state index contributed by atoms with van der Waals surface area (Å²) in [6.45, 7) is 3.72. The van der Waals surface area contributed by atoms with Gasteiger partial charge in [0.25, 0.3) is 0 Å². The highest BCUT2D eigenvalue weighted by molar-refractivity contribution is 6.01. The number of anilines is 2. The van der Waals surface area contributed by atoms with Crippen LogP contribution in [0.4, 0.5) is 29.3 Å². The van der Waals surface area contributed by atoms with Crippen molar-refractivity contribution in [3.05, 3.63) is 65.0 Å². The summed E-state index contributed by atoms with van der Waals surface area (Å²) >= 11 is 0. The maximum atomic E-state index is 13.1. The Bertz CT molecular complexity index is 1210. The number of Topliss-reactive ketones (excluding diaryl/α,β-unsaturated/α-hetero) is 1. The van der Waals surface area contributed by atoms with Crippen LogP contribution in [0.25, 0.3) is 5.57 Å². The van der Waals surface area contributed by atoms with E-state index >= 15 is 0 Å². The summed E-state index contributed by atoms with van der Waals surface area (Å²) in [6, 6.07) is 3.52. The highest BCUT2D eigenvalue weighted by atomic mass is 19.4. The quantitative estimate of drug-likeness (QED) is 0.678. The molecule has 1 aromatic heterocycles. The minimum Gasteiger partial charge on any atom is -0.490 e.